The molecule has 0 fully saturated rings. The predicted molar refractivity (Wildman–Crippen MR) is 93.5 cm³/mol. The second kappa shape index (κ2) is 7.13. The lowest BCUT2D eigenvalue weighted by atomic mass is 9.84. The summed E-state index contributed by atoms with van der Waals surface area (Å²) in [5, 5.41) is 9.69. The standard InChI is InChI=1S/C18H29N3O2/c1-7-8-15(21(16(22)23)17(2,3)4)14-11-13(9-10-20-14)18(5,6)12-19/h7,9-11,15H,1,8,12,19H2,2-6H3,(H,22,23). The highest BCUT2D eigenvalue weighted by Gasteiger charge is 2.34. The van der Waals surface area contributed by atoms with Crippen LogP contribution in [0, 0.1) is 0 Å². The van der Waals surface area contributed by atoms with Gasteiger partial charge in [0.15, 0.2) is 0 Å². The molecule has 0 spiro atoms. The largest absolute Gasteiger partial charge is 0.465 e. The number of pyridine rings is 1. The first-order chi connectivity index (χ1) is 10.5. The number of carboxylic acid groups (broad SMARTS) is 1. The van der Waals surface area contributed by atoms with Crippen molar-refractivity contribution in [1.29, 1.82) is 0 Å². The van der Waals surface area contributed by atoms with Crippen molar-refractivity contribution >= 4 is 6.09 Å². The molecule has 0 bridgehead atoms. The van der Waals surface area contributed by atoms with E-state index in [1.54, 1.807) is 12.3 Å². The fourth-order valence-electron chi connectivity index (χ4n) is 2.57. The van der Waals surface area contributed by atoms with Crippen LogP contribution in [0.4, 0.5) is 4.79 Å². The van der Waals surface area contributed by atoms with Crippen LogP contribution in [0.15, 0.2) is 31.0 Å². The van der Waals surface area contributed by atoms with E-state index in [2.05, 4.69) is 25.4 Å². The molecule has 1 heterocycles. The maximum absolute atomic E-state index is 11.8. The molecule has 0 aliphatic rings. The van der Waals surface area contributed by atoms with Gasteiger partial charge in [0.2, 0.25) is 0 Å². The van der Waals surface area contributed by atoms with Crippen molar-refractivity contribution in [3.63, 3.8) is 0 Å². The SMILES string of the molecule is C=CCC(c1cc(C(C)(C)CN)ccn1)N(C(=O)O)C(C)(C)C. The number of amides is 1. The van der Waals surface area contributed by atoms with E-state index in [0.29, 0.717) is 13.0 Å². The predicted octanol–water partition coefficient (Wildman–Crippen LogP) is 3.71. The summed E-state index contributed by atoms with van der Waals surface area (Å²) in [5.41, 5.74) is 6.91. The fourth-order valence-corrected chi connectivity index (χ4v) is 2.57. The summed E-state index contributed by atoms with van der Waals surface area (Å²) >= 11 is 0. The molecule has 23 heavy (non-hydrogen) atoms. The minimum Gasteiger partial charge on any atom is -0.465 e. The molecule has 1 rings (SSSR count). The van der Waals surface area contributed by atoms with Crippen LogP contribution in [-0.2, 0) is 5.41 Å². The second-order valence-corrected chi connectivity index (χ2v) is 7.42. The molecule has 0 saturated carbocycles. The van der Waals surface area contributed by atoms with E-state index in [1.165, 1.54) is 4.90 Å². The number of hydrogen-bond acceptors (Lipinski definition) is 3. The number of aromatic nitrogens is 1. The molecule has 0 radical (unpaired) electrons. The number of nitrogens with two attached hydrogens (primary N) is 1. The zero-order valence-electron chi connectivity index (χ0n) is 14.8. The molecule has 5 nitrogen and oxygen atoms in total. The van der Waals surface area contributed by atoms with Gasteiger partial charge in [-0.25, -0.2) is 4.79 Å². The normalized spacial score (nSPS) is 13.5. The summed E-state index contributed by atoms with van der Waals surface area (Å²) < 4.78 is 0. The molecular weight excluding hydrogens is 290 g/mol. The molecule has 1 unspecified atom stereocenters. The first kappa shape index (κ1) is 19.2. The minimum absolute atomic E-state index is 0.188. The third-order valence-corrected chi connectivity index (χ3v) is 4.04. The molecule has 0 aliphatic carbocycles. The molecule has 1 atom stereocenters. The molecule has 0 saturated heterocycles. The first-order valence-electron chi connectivity index (χ1n) is 7.84. The highest BCUT2D eigenvalue weighted by Crippen LogP contribution is 2.32. The van der Waals surface area contributed by atoms with Crippen molar-refractivity contribution in [3.8, 4) is 0 Å². The molecule has 0 aliphatic heterocycles. The lowest BCUT2D eigenvalue weighted by molar-refractivity contribution is 0.0691. The molecule has 128 valence electrons. The molecule has 1 aromatic rings. The Morgan fingerprint density at radius 3 is 2.48 bits per heavy atom. The van der Waals surface area contributed by atoms with Crippen molar-refractivity contribution in [3.05, 3.63) is 42.2 Å². The van der Waals surface area contributed by atoms with Crippen LogP contribution in [0.3, 0.4) is 0 Å². The van der Waals surface area contributed by atoms with Crippen molar-refractivity contribution < 1.29 is 9.90 Å². The lowest BCUT2D eigenvalue weighted by Gasteiger charge is -2.39. The number of rotatable bonds is 6. The first-order valence-corrected chi connectivity index (χ1v) is 7.84. The average molecular weight is 319 g/mol. The second-order valence-electron chi connectivity index (χ2n) is 7.42. The lowest BCUT2D eigenvalue weighted by Crippen LogP contribution is -2.47. The molecule has 1 amide bonds. The van der Waals surface area contributed by atoms with E-state index >= 15 is 0 Å². The topological polar surface area (TPSA) is 79.5 Å². The van der Waals surface area contributed by atoms with Crippen LogP contribution in [0.5, 0.6) is 0 Å². The summed E-state index contributed by atoms with van der Waals surface area (Å²) in [6, 6.07) is 3.52. The molecular formula is C18H29N3O2. The summed E-state index contributed by atoms with van der Waals surface area (Å²) in [6.45, 7) is 14.0. The van der Waals surface area contributed by atoms with E-state index in [1.807, 2.05) is 32.9 Å². The van der Waals surface area contributed by atoms with E-state index in [9.17, 15) is 9.90 Å². The summed E-state index contributed by atoms with van der Waals surface area (Å²) in [5.74, 6) is 0. The summed E-state index contributed by atoms with van der Waals surface area (Å²) in [4.78, 5) is 17.7. The number of carbonyl (C=O) groups is 1. The van der Waals surface area contributed by atoms with E-state index in [4.69, 9.17) is 5.73 Å². The Hall–Kier alpha value is -1.88. The van der Waals surface area contributed by atoms with Crippen LogP contribution < -0.4 is 5.73 Å². The molecule has 0 aromatic carbocycles. The van der Waals surface area contributed by atoms with Gasteiger partial charge in [-0.05, 0) is 44.9 Å². The van der Waals surface area contributed by atoms with E-state index < -0.39 is 11.6 Å². The Bertz CT molecular complexity index is 562. The van der Waals surface area contributed by atoms with Gasteiger partial charge in [0, 0.05) is 23.7 Å². The van der Waals surface area contributed by atoms with Gasteiger partial charge in [-0.15, -0.1) is 6.58 Å². The summed E-state index contributed by atoms with van der Waals surface area (Å²) in [6.07, 6.45) is 2.99. The minimum atomic E-state index is -0.963. The Labute approximate surface area is 139 Å². The average Bonchev–Trinajstić information content (AvgIpc) is 2.45. The molecule has 1 aromatic heterocycles. The van der Waals surface area contributed by atoms with Crippen LogP contribution in [0.25, 0.3) is 0 Å². The van der Waals surface area contributed by atoms with Gasteiger partial charge < -0.3 is 10.8 Å². The Balaban J connectivity index is 3.38. The monoisotopic (exact) mass is 319 g/mol. The van der Waals surface area contributed by atoms with Gasteiger partial charge in [-0.1, -0.05) is 19.9 Å². The van der Waals surface area contributed by atoms with Gasteiger partial charge in [0.25, 0.3) is 0 Å². The van der Waals surface area contributed by atoms with Crippen LogP contribution in [-0.4, -0.2) is 33.2 Å². The zero-order chi connectivity index (χ0) is 17.8. The van der Waals surface area contributed by atoms with Gasteiger partial charge in [-0.2, -0.15) is 0 Å². The highest BCUT2D eigenvalue weighted by molar-refractivity contribution is 5.66. The van der Waals surface area contributed by atoms with Crippen molar-refractivity contribution in [2.75, 3.05) is 6.54 Å². The Morgan fingerprint density at radius 2 is 2.04 bits per heavy atom. The van der Waals surface area contributed by atoms with Crippen LogP contribution in [0.2, 0.25) is 0 Å². The van der Waals surface area contributed by atoms with E-state index in [-0.39, 0.29) is 11.5 Å². The van der Waals surface area contributed by atoms with Crippen LogP contribution >= 0.6 is 0 Å². The summed E-state index contributed by atoms with van der Waals surface area (Å²) in [7, 11) is 0. The third-order valence-electron chi connectivity index (χ3n) is 4.04. The Morgan fingerprint density at radius 1 is 1.43 bits per heavy atom. The maximum Gasteiger partial charge on any atom is 0.408 e. The zero-order valence-corrected chi connectivity index (χ0v) is 14.8. The van der Waals surface area contributed by atoms with Crippen molar-refractivity contribution in [2.24, 2.45) is 5.73 Å². The molecule has 3 N–H and O–H groups in total. The Kier molecular flexibility index (Phi) is 5.94. The molecule has 5 heteroatoms. The van der Waals surface area contributed by atoms with Gasteiger partial charge in [0.1, 0.15) is 0 Å². The number of nitrogens with zero attached hydrogens (tertiary/aromatic N) is 2. The quantitative estimate of drug-likeness (QED) is 0.783. The van der Waals surface area contributed by atoms with Gasteiger partial charge in [0.05, 0.1) is 11.7 Å². The van der Waals surface area contributed by atoms with Crippen LogP contribution in [0.1, 0.15) is 58.3 Å². The van der Waals surface area contributed by atoms with Gasteiger partial charge >= 0.3 is 6.09 Å². The number of hydrogen-bond donors (Lipinski definition) is 2. The third kappa shape index (κ3) is 4.55. The van der Waals surface area contributed by atoms with E-state index in [0.717, 1.165) is 11.3 Å². The maximum atomic E-state index is 11.8. The fraction of sp³-hybridized carbons (Fsp3) is 0.556. The van der Waals surface area contributed by atoms with Crippen molar-refractivity contribution in [1.82, 2.24) is 9.88 Å². The highest BCUT2D eigenvalue weighted by atomic mass is 16.4. The van der Waals surface area contributed by atoms with Crippen molar-refractivity contribution in [2.45, 2.75) is 58.0 Å². The van der Waals surface area contributed by atoms with Gasteiger partial charge in [-0.3, -0.25) is 9.88 Å². The smallest absolute Gasteiger partial charge is 0.408 e.